The highest BCUT2D eigenvalue weighted by Crippen LogP contribution is 2.36. The third-order valence-corrected chi connectivity index (χ3v) is 7.67. The van der Waals surface area contributed by atoms with E-state index in [4.69, 9.17) is 19.2 Å². The number of para-hydroxylation sites is 2. The molecule has 9 heteroatoms. The van der Waals surface area contributed by atoms with Crippen molar-refractivity contribution >= 4 is 40.1 Å². The number of hydrogen-bond acceptors (Lipinski definition) is 7. The van der Waals surface area contributed by atoms with Crippen LogP contribution in [0.4, 0.5) is 11.4 Å². The van der Waals surface area contributed by atoms with Crippen molar-refractivity contribution in [1.82, 2.24) is 4.90 Å². The Morgan fingerprint density at radius 2 is 1.97 bits per heavy atom. The number of thioether (sulfide) groups is 1. The first-order valence-corrected chi connectivity index (χ1v) is 13.9. The van der Waals surface area contributed by atoms with Crippen LogP contribution >= 0.6 is 11.8 Å². The van der Waals surface area contributed by atoms with Crippen LogP contribution in [0.25, 0.3) is 0 Å². The number of ether oxygens (including phenoxy) is 3. The number of methoxy groups -OCH3 is 2. The van der Waals surface area contributed by atoms with Crippen molar-refractivity contribution < 1.29 is 23.8 Å². The molecule has 202 valence electrons. The van der Waals surface area contributed by atoms with Crippen LogP contribution in [-0.4, -0.2) is 54.5 Å². The van der Waals surface area contributed by atoms with Crippen LogP contribution in [0.3, 0.4) is 0 Å². The second kappa shape index (κ2) is 13.4. The summed E-state index contributed by atoms with van der Waals surface area (Å²) in [7, 11) is 3.10. The molecule has 1 aliphatic heterocycles. The van der Waals surface area contributed by atoms with Crippen LogP contribution in [0.15, 0.2) is 59.1 Å². The highest BCUT2D eigenvalue weighted by atomic mass is 32.2. The van der Waals surface area contributed by atoms with Crippen LogP contribution in [0.5, 0.6) is 17.2 Å². The Morgan fingerprint density at radius 1 is 1.13 bits per heavy atom. The lowest BCUT2D eigenvalue weighted by molar-refractivity contribution is -0.128. The number of nitrogens with one attached hydrogen (secondary N) is 1. The molecule has 1 fully saturated rings. The van der Waals surface area contributed by atoms with E-state index in [9.17, 15) is 9.59 Å². The fraction of sp³-hybridized carbons (Fsp3) is 0.414. The summed E-state index contributed by atoms with van der Waals surface area (Å²) < 4.78 is 16.4. The van der Waals surface area contributed by atoms with Crippen molar-refractivity contribution in [3.05, 3.63) is 54.1 Å². The first-order chi connectivity index (χ1) is 18.5. The summed E-state index contributed by atoms with van der Waals surface area (Å²) in [4.78, 5) is 33.1. The number of benzene rings is 2. The van der Waals surface area contributed by atoms with E-state index >= 15 is 0 Å². The molecule has 1 saturated heterocycles. The van der Waals surface area contributed by atoms with Crippen LogP contribution in [-0.2, 0) is 9.59 Å². The molecule has 38 heavy (non-hydrogen) atoms. The molecule has 0 saturated carbocycles. The fourth-order valence-corrected chi connectivity index (χ4v) is 5.70. The van der Waals surface area contributed by atoms with Crippen molar-refractivity contribution in [2.75, 3.05) is 32.7 Å². The molecule has 2 amide bonds. The summed E-state index contributed by atoms with van der Waals surface area (Å²) in [6, 6.07) is 12.7. The second-order valence-corrected chi connectivity index (χ2v) is 10.2. The van der Waals surface area contributed by atoms with Gasteiger partial charge in [0, 0.05) is 19.0 Å². The normalized spacial score (nSPS) is 18.3. The number of carbonyl (C=O) groups excluding carboxylic acids is 2. The summed E-state index contributed by atoms with van der Waals surface area (Å²) in [6.45, 7) is 2.98. The number of hydrogen-bond donors (Lipinski definition) is 1. The molecule has 2 aromatic rings. The van der Waals surface area contributed by atoms with E-state index in [0.717, 1.165) is 19.3 Å². The fourth-order valence-electron chi connectivity index (χ4n) is 4.52. The van der Waals surface area contributed by atoms with Gasteiger partial charge in [-0.15, -0.1) is 0 Å². The van der Waals surface area contributed by atoms with Gasteiger partial charge in [-0.25, -0.2) is 4.99 Å². The third kappa shape index (κ3) is 6.89. The first kappa shape index (κ1) is 27.6. The smallest absolute Gasteiger partial charge is 0.242 e. The lowest BCUT2D eigenvalue weighted by Gasteiger charge is -2.19. The van der Waals surface area contributed by atoms with Gasteiger partial charge < -0.3 is 19.5 Å². The maximum Gasteiger partial charge on any atom is 0.242 e. The van der Waals surface area contributed by atoms with Gasteiger partial charge in [0.15, 0.2) is 5.17 Å². The van der Waals surface area contributed by atoms with Gasteiger partial charge in [-0.1, -0.05) is 35.5 Å². The van der Waals surface area contributed by atoms with Crippen molar-refractivity contribution in [2.24, 2.45) is 4.99 Å². The molecular formula is C29H35N3O5S. The lowest BCUT2D eigenvalue weighted by atomic mass is 9.97. The molecule has 0 spiro atoms. The van der Waals surface area contributed by atoms with Crippen LogP contribution in [0, 0.1) is 0 Å². The third-order valence-electron chi connectivity index (χ3n) is 6.50. The van der Waals surface area contributed by atoms with E-state index in [1.54, 1.807) is 30.2 Å². The molecule has 4 rings (SSSR count). The number of allylic oxidation sites excluding steroid dienone is 1. The van der Waals surface area contributed by atoms with E-state index in [-0.39, 0.29) is 18.2 Å². The number of anilines is 1. The Labute approximate surface area is 228 Å². The van der Waals surface area contributed by atoms with Gasteiger partial charge >= 0.3 is 0 Å². The maximum absolute atomic E-state index is 13.5. The minimum atomic E-state index is -0.572. The summed E-state index contributed by atoms with van der Waals surface area (Å²) >= 11 is 1.33. The zero-order chi connectivity index (χ0) is 26.9. The zero-order valence-electron chi connectivity index (χ0n) is 22.2. The van der Waals surface area contributed by atoms with Gasteiger partial charge in [-0.2, -0.15) is 0 Å². The minimum absolute atomic E-state index is 0.0179. The summed E-state index contributed by atoms with van der Waals surface area (Å²) in [5.74, 6) is 1.40. The molecule has 1 atom stereocenters. The summed E-state index contributed by atoms with van der Waals surface area (Å²) in [6.07, 6.45) is 7.70. The van der Waals surface area contributed by atoms with Gasteiger partial charge in [0.1, 0.15) is 28.2 Å². The standard InChI is InChI=1S/C29H35N3O5S/c1-4-37-24-13-9-8-12-22(24)31-29-32(17-16-20-10-6-5-7-11-20)28(34)26(38-29)19-27(33)30-23-15-14-21(35-2)18-25(23)36-3/h8-10,12-15,18,26H,4-7,11,16-17,19H2,1-3H3,(H,30,33). The average molecular weight is 538 g/mol. The van der Waals surface area contributed by atoms with Crippen molar-refractivity contribution in [3.63, 3.8) is 0 Å². The Morgan fingerprint density at radius 3 is 2.71 bits per heavy atom. The lowest BCUT2D eigenvalue weighted by Crippen LogP contribution is -2.34. The molecule has 1 heterocycles. The van der Waals surface area contributed by atoms with Crippen LogP contribution in [0.1, 0.15) is 45.4 Å². The van der Waals surface area contributed by atoms with E-state index < -0.39 is 5.25 Å². The van der Waals surface area contributed by atoms with Crippen molar-refractivity contribution in [1.29, 1.82) is 0 Å². The van der Waals surface area contributed by atoms with Gasteiger partial charge in [-0.05, 0) is 63.3 Å². The molecule has 1 aliphatic carbocycles. The molecule has 1 unspecified atom stereocenters. The van der Waals surface area contributed by atoms with Gasteiger partial charge in [0.05, 0.1) is 26.5 Å². The zero-order valence-corrected chi connectivity index (χ0v) is 23.0. The Hall–Kier alpha value is -3.46. The number of carbonyl (C=O) groups is 2. The topological polar surface area (TPSA) is 89.5 Å². The average Bonchev–Trinajstić information content (AvgIpc) is 3.22. The molecule has 2 aromatic carbocycles. The summed E-state index contributed by atoms with van der Waals surface area (Å²) in [5, 5.41) is 2.90. The first-order valence-electron chi connectivity index (χ1n) is 13.0. The van der Waals surface area contributed by atoms with Crippen LogP contribution in [0.2, 0.25) is 0 Å². The highest BCUT2D eigenvalue weighted by Gasteiger charge is 2.39. The molecule has 0 aromatic heterocycles. The molecule has 1 N–H and O–H groups in total. The van der Waals surface area contributed by atoms with E-state index in [1.807, 2.05) is 31.2 Å². The largest absolute Gasteiger partial charge is 0.497 e. The quantitative estimate of drug-likeness (QED) is 0.356. The molecule has 0 radical (unpaired) electrons. The number of amidine groups is 1. The van der Waals surface area contributed by atoms with E-state index in [0.29, 0.717) is 46.9 Å². The molecular weight excluding hydrogens is 502 g/mol. The van der Waals surface area contributed by atoms with Crippen molar-refractivity contribution in [3.8, 4) is 17.2 Å². The van der Waals surface area contributed by atoms with Crippen molar-refractivity contribution in [2.45, 2.75) is 50.7 Å². The molecule has 2 aliphatic rings. The molecule has 8 nitrogen and oxygen atoms in total. The Bertz CT molecular complexity index is 1210. The van der Waals surface area contributed by atoms with Gasteiger partial charge in [-0.3, -0.25) is 14.5 Å². The predicted molar refractivity (Wildman–Crippen MR) is 152 cm³/mol. The Balaban J connectivity index is 1.52. The minimum Gasteiger partial charge on any atom is -0.497 e. The maximum atomic E-state index is 13.5. The predicted octanol–water partition coefficient (Wildman–Crippen LogP) is 5.95. The SMILES string of the molecule is CCOc1ccccc1N=C1SC(CC(=O)Nc2ccc(OC)cc2OC)C(=O)N1CCC1=CCCCC1. The molecule has 0 bridgehead atoms. The van der Waals surface area contributed by atoms with E-state index in [1.165, 1.54) is 37.3 Å². The number of amides is 2. The number of nitrogens with zero attached hydrogens (tertiary/aromatic N) is 2. The van der Waals surface area contributed by atoms with Gasteiger partial charge in [0.25, 0.3) is 0 Å². The number of rotatable bonds is 11. The van der Waals surface area contributed by atoms with Crippen LogP contribution < -0.4 is 19.5 Å². The highest BCUT2D eigenvalue weighted by molar-refractivity contribution is 8.15. The van der Waals surface area contributed by atoms with Gasteiger partial charge in [0.2, 0.25) is 11.8 Å². The summed E-state index contributed by atoms with van der Waals surface area (Å²) in [5.41, 5.74) is 2.57. The van der Waals surface area contributed by atoms with E-state index in [2.05, 4.69) is 11.4 Å². The Kier molecular flexibility index (Phi) is 9.70. The second-order valence-electron chi connectivity index (χ2n) is 9.07. The number of aliphatic imine (C=N–C) groups is 1. The monoisotopic (exact) mass is 537 g/mol.